The number of carbonyl (C=O) groups is 1. The van der Waals surface area contributed by atoms with Crippen molar-refractivity contribution in [2.24, 2.45) is 0 Å². The maximum atomic E-state index is 11.5. The van der Waals surface area contributed by atoms with E-state index in [0.29, 0.717) is 0 Å². The van der Waals surface area contributed by atoms with Crippen molar-refractivity contribution < 1.29 is 4.79 Å². The smallest absolute Gasteiger partial charge is 0.238 e. The van der Waals surface area contributed by atoms with Crippen LogP contribution < -0.4 is 5.32 Å². The van der Waals surface area contributed by atoms with E-state index in [0.717, 1.165) is 6.54 Å². The second kappa shape index (κ2) is 7.25. The lowest BCUT2D eigenvalue weighted by Crippen LogP contribution is -2.41. The third-order valence-corrected chi connectivity index (χ3v) is 2.27. The van der Waals surface area contributed by atoms with Crippen LogP contribution in [0.3, 0.4) is 0 Å². The second-order valence-corrected chi connectivity index (χ2v) is 3.82. The molecule has 1 aromatic rings. The Morgan fingerprint density at radius 1 is 1.31 bits per heavy atom. The third kappa shape index (κ3) is 4.64. The number of carbonyl (C=O) groups excluding carboxylic acids is 1. The van der Waals surface area contributed by atoms with Crippen molar-refractivity contribution >= 4 is 18.3 Å². The minimum absolute atomic E-state index is 0. The van der Waals surface area contributed by atoms with Gasteiger partial charge in [0.1, 0.15) is 0 Å². The minimum atomic E-state index is -0.139. The van der Waals surface area contributed by atoms with Crippen LogP contribution >= 0.6 is 12.4 Å². The summed E-state index contributed by atoms with van der Waals surface area (Å²) in [6.45, 7) is 2.60. The van der Waals surface area contributed by atoms with Crippen molar-refractivity contribution in [3.05, 3.63) is 35.9 Å². The van der Waals surface area contributed by atoms with Crippen LogP contribution in [0.2, 0.25) is 0 Å². The van der Waals surface area contributed by atoms with Gasteiger partial charge in [-0.2, -0.15) is 0 Å². The number of hydrogen-bond acceptors (Lipinski definition) is 2. The molecule has 90 valence electrons. The molecule has 3 nitrogen and oxygen atoms in total. The molecule has 0 saturated carbocycles. The van der Waals surface area contributed by atoms with E-state index >= 15 is 0 Å². The Morgan fingerprint density at radius 3 is 2.38 bits per heavy atom. The standard InChI is InChI=1S/C12H18N2O.ClH/c1-10(12(15)14(2)3)13-9-11-7-5-4-6-8-11;/h4-8,10,13H,9H2,1-3H3;1H/t10-;/m1./s1. The SMILES string of the molecule is C[C@@H](NCc1ccccc1)C(=O)N(C)C.Cl. The summed E-state index contributed by atoms with van der Waals surface area (Å²) in [5.41, 5.74) is 1.19. The summed E-state index contributed by atoms with van der Waals surface area (Å²) in [7, 11) is 3.53. The summed E-state index contributed by atoms with van der Waals surface area (Å²) in [5, 5.41) is 3.19. The second-order valence-electron chi connectivity index (χ2n) is 3.82. The first kappa shape index (κ1) is 14.9. The number of nitrogens with zero attached hydrogens (tertiary/aromatic N) is 1. The first-order chi connectivity index (χ1) is 7.11. The van der Waals surface area contributed by atoms with Crippen LogP contribution in [-0.4, -0.2) is 30.9 Å². The Balaban J connectivity index is 0.00000225. The Morgan fingerprint density at radius 2 is 1.88 bits per heavy atom. The fraction of sp³-hybridized carbons (Fsp3) is 0.417. The van der Waals surface area contributed by atoms with E-state index < -0.39 is 0 Å². The van der Waals surface area contributed by atoms with Crippen LogP contribution in [-0.2, 0) is 11.3 Å². The molecule has 0 bridgehead atoms. The molecule has 0 saturated heterocycles. The van der Waals surface area contributed by atoms with Gasteiger partial charge in [0, 0.05) is 20.6 Å². The number of benzene rings is 1. The first-order valence-corrected chi connectivity index (χ1v) is 5.09. The number of rotatable bonds is 4. The van der Waals surface area contributed by atoms with Gasteiger partial charge in [-0.25, -0.2) is 0 Å². The molecule has 0 radical (unpaired) electrons. The molecule has 1 N–H and O–H groups in total. The van der Waals surface area contributed by atoms with E-state index in [1.165, 1.54) is 5.56 Å². The van der Waals surface area contributed by atoms with Crippen LogP contribution in [0.1, 0.15) is 12.5 Å². The van der Waals surface area contributed by atoms with Crippen molar-refractivity contribution in [2.75, 3.05) is 14.1 Å². The van der Waals surface area contributed by atoms with E-state index in [9.17, 15) is 4.79 Å². The number of amides is 1. The molecular formula is C12H19ClN2O. The molecule has 0 aliphatic carbocycles. The largest absolute Gasteiger partial charge is 0.347 e. The Bertz CT molecular complexity index is 314. The highest BCUT2D eigenvalue weighted by Gasteiger charge is 2.13. The number of hydrogen-bond donors (Lipinski definition) is 1. The van der Waals surface area contributed by atoms with Gasteiger partial charge in [-0.1, -0.05) is 30.3 Å². The van der Waals surface area contributed by atoms with Gasteiger partial charge in [0.05, 0.1) is 6.04 Å². The van der Waals surface area contributed by atoms with Crippen LogP contribution in [0.15, 0.2) is 30.3 Å². The molecule has 4 heteroatoms. The highest BCUT2D eigenvalue weighted by molar-refractivity contribution is 5.85. The van der Waals surface area contributed by atoms with Crippen molar-refractivity contribution in [1.29, 1.82) is 0 Å². The molecule has 1 aromatic carbocycles. The lowest BCUT2D eigenvalue weighted by atomic mass is 10.2. The zero-order valence-electron chi connectivity index (χ0n) is 9.93. The van der Waals surface area contributed by atoms with E-state index in [-0.39, 0.29) is 24.4 Å². The quantitative estimate of drug-likeness (QED) is 0.871. The van der Waals surface area contributed by atoms with Crippen molar-refractivity contribution in [1.82, 2.24) is 10.2 Å². The Labute approximate surface area is 103 Å². The minimum Gasteiger partial charge on any atom is -0.347 e. The van der Waals surface area contributed by atoms with Crippen molar-refractivity contribution in [3.8, 4) is 0 Å². The van der Waals surface area contributed by atoms with Crippen LogP contribution in [0.5, 0.6) is 0 Å². The third-order valence-electron chi connectivity index (χ3n) is 2.27. The van der Waals surface area contributed by atoms with Crippen molar-refractivity contribution in [2.45, 2.75) is 19.5 Å². The van der Waals surface area contributed by atoms with Gasteiger partial charge in [0.2, 0.25) is 5.91 Å². The summed E-state index contributed by atoms with van der Waals surface area (Å²) >= 11 is 0. The zero-order chi connectivity index (χ0) is 11.3. The van der Waals surface area contributed by atoms with Gasteiger partial charge >= 0.3 is 0 Å². The van der Waals surface area contributed by atoms with E-state index in [2.05, 4.69) is 5.32 Å². The lowest BCUT2D eigenvalue weighted by molar-refractivity contribution is -0.130. The number of likely N-dealkylation sites (N-methyl/N-ethyl adjacent to an activating group) is 1. The average molecular weight is 243 g/mol. The molecule has 1 amide bonds. The van der Waals surface area contributed by atoms with Crippen LogP contribution in [0, 0.1) is 0 Å². The number of halogens is 1. The first-order valence-electron chi connectivity index (χ1n) is 5.09. The summed E-state index contributed by atoms with van der Waals surface area (Å²) in [6.07, 6.45) is 0. The average Bonchev–Trinajstić information content (AvgIpc) is 2.26. The molecule has 0 unspecified atom stereocenters. The summed E-state index contributed by atoms with van der Waals surface area (Å²) < 4.78 is 0. The van der Waals surface area contributed by atoms with E-state index in [4.69, 9.17) is 0 Å². The summed E-state index contributed by atoms with van der Waals surface area (Å²) in [4.78, 5) is 13.1. The topological polar surface area (TPSA) is 32.3 Å². The van der Waals surface area contributed by atoms with Gasteiger partial charge in [-0.05, 0) is 12.5 Å². The molecule has 16 heavy (non-hydrogen) atoms. The van der Waals surface area contributed by atoms with Gasteiger partial charge in [-0.15, -0.1) is 12.4 Å². The monoisotopic (exact) mass is 242 g/mol. The lowest BCUT2D eigenvalue weighted by Gasteiger charge is -2.17. The fourth-order valence-electron chi connectivity index (χ4n) is 1.34. The molecular weight excluding hydrogens is 224 g/mol. The Hall–Kier alpha value is -1.06. The van der Waals surface area contributed by atoms with Gasteiger partial charge < -0.3 is 10.2 Å². The van der Waals surface area contributed by atoms with Crippen LogP contribution in [0.25, 0.3) is 0 Å². The maximum absolute atomic E-state index is 11.5. The van der Waals surface area contributed by atoms with E-state index in [1.807, 2.05) is 37.3 Å². The highest BCUT2D eigenvalue weighted by Crippen LogP contribution is 1.98. The summed E-state index contributed by atoms with van der Waals surface area (Å²) in [6, 6.07) is 9.92. The van der Waals surface area contributed by atoms with E-state index in [1.54, 1.807) is 19.0 Å². The summed E-state index contributed by atoms with van der Waals surface area (Å²) in [5.74, 6) is 0.103. The van der Waals surface area contributed by atoms with Crippen LogP contribution in [0.4, 0.5) is 0 Å². The highest BCUT2D eigenvalue weighted by atomic mass is 35.5. The molecule has 1 rings (SSSR count). The van der Waals surface area contributed by atoms with Crippen molar-refractivity contribution in [3.63, 3.8) is 0 Å². The zero-order valence-corrected chi connectivity index (χ0v) is 10.8. The molecule has 0 aliphatic heterocycles. The fourth-order valence-corrected chi connectivity index (χ4v) is 1.34. The van der Waals surface area contributed by atoms with Gasteiger partial charge in [0.25, 0.3) is 0 Å². The van der Waals surface area contributed by atoms with Gasteiger partial charge in [-0.3, -0.25) is 4.79 Å². The molecule has 0 aromatic heterocycles. The number of nitrogens with one attached hydrogen (secondary N) is 1. The predicted molar refractivity (Wildman–Crippen MR) is 68.7 cm³/mol. The molecule has 0 spiro atoms. The molecule has 0 fully saturated rings. The molecule has 0 aliphatic rings. The Kier molecular flexibility index (Phi) is 6.77. The van der Waals surface area contributed by atoms with Gasteiger partial charge in [0.15, 0.2) is 0 Å². The molecule has 1 atom stereocenters. The maximum Gasteiger partial charge on any atom is 0.238 e. The normalized spacial score (nSPS) is 11.4. The molecule has 0 heterocycles. The predicted octanol–water partition coefficient (Wildman–Crippen LogP) is 1.67.